The van der Waals surface area contributed by atoms with Crippen molar-refractivity contribution in [3.05, 3.63) is 77.1 Å². The van der Waals surface area contributed by atoms with Gasteiger partial charge in [0.15, 0.2) is 5.76 Å². The van der Waals surface area contributed by atoms with Crippen LogP contribution in [0.25, 0.3) is 6.08 Å². The zero-order valence-electron chi connectivity index (χ0n) is 13.3. The Morgan fingerprint density at radius 2 is 1.96 bits per heavy atom. The fourth-order valence-electron chi connectivity index (χ4n) is 2.28. The highest BCUT2D eigenvalue weighted by molar-refractivity contribution is 6.14. The number of ketones is 1. The lowest BCUT2D eigenvalue weighted by atomic mass is 10.1. The van der Waals surface area contributed by atoms with Crippen molar-refractivity contribution in [3.8, 4) is 11.5 Å². The Hall–Kier alpha value is -2.81. The lowest BCUT2D eigenvalue weighted by Gasteiger charge is -2.06. The summed E-state index contributed by atoms with van der Waals surface area (Å²) in [6, 6.07) is 13.2. The monoisotopic (exact) mass is 306 g/mol. The number of carbonyl (C=O) groups excluding carboxylic acids is 1. The summed E-state index contributed by atoms with van der Waals surface area (Å²) in [6.45, 7) is 8.17. The van der Waals surface area contributed by atoms with Crippen LogP contribution in [-0.2, 0) is 0 Å². The summed E-state index contributed by atoms with van der Waals surface area (Å²) in [4.78, 5) is 12.4. The molecular weight excluding hydrogens is 288 g/mol. The third-order valence-corrected chi connectivity index (χ3v) is 3.50. The van der Waals surface area contributed by atoms with Gasteiger partial charge >= 0.3 is 0 Å². The Bertz CT molecular complexity index is 798. The van der Waals surface area contributed by atoms with Gasteiger partial charge in [0.2, 0.25) is 5.78 Å². The molecule has 0 aliphatic carbocycles. The minimum atomic E-state index is -0.105. The number of ether oxygens (including phenoxy) is 2. The van der Waals surface area contributed by atoms with Crippen LogP contribution in [0.1, 0.15) is 28.4 Å². The van der Waals surface area contributed by atoms with Crippen molar-refractivity contribution in [2.24, 2.45) is 0 Å². The molecule has 0 saturated carbocycles. The normalized spacial score (nSPS) is 14.5. The highest BCUT2D eigenvalue weighted by Crippen LogP contribution is 2.34. The predicted molar refractivity (Wildman–Crippen MR) is 90.9 cm³/mol. The van der Waals surface area contributed by atoms with E-state index >= 15 is 0 Å². The summed E-state index contributed by atoms with van der Waals surface area (Å²) in [6.07, 6.45) is 1.76. The second-order valence-corrected chi connectivity index (χ2v) is 5.75. The number of fused-ring (bicyclic) bond motifs is 1. The van der Waals surface area contributed by atoms with Crippen LogP contribution in [0.2, 0.25) is 0 Å². The molecule has 23 heavy (non-hydrogen) atoms. The lowest BCUT2D eigenvalue weighted by Crippen LogP contribution is -1.98. The Balaban J connectivity index is 1.83. The van der Waals surface area contributed by atoms with Gasteiger partial charge in [0.05, 0.1) is 5.56 Å². The summed E-state index contributed by atoms with van der Waals surface area (Å²) in [7, 11) is 0. The molecule has 0 bridgehead atoms. The zero-order valence-corrected chi connectivity index (χ0v) is 13.3. The van der Waals surface area contributed by atoms with Gasteiger partial charge in [-0.25, -0.2) is 0 Å². The number of Topliss-reactive ketones (excluding diaryl/α,β-unsaturated/α-hetero) is 1. The summed E-state index contributed by atoms with van der Waals surface area (Å²) >= 11 is 0. The molecule has 2 aromatic carbocycles. The summed E-state index contributed by atoms with van der Waals surface area (Å²) in [5, 5.41) is 0. The Morgan fingerprint density at radius 3 is 2.65 bits per heavy atom. The third-order valence-electron chi connectivity index (χ3n) is 3.50. The first kappa shape index (κ1) is 15.1. The molecule has 3 heteroatoms. The van der Waals surface area contributed by atoms with Crippen LogP contribution in [0, 0.1) is 6.92 Å². The van der Waals surface area contributed by atoms with Crippen molar-refractivity contribution in [2.75, 3.05) is 6.61 Å². The third kappa shape index (κ3) is 3.34. The Kier molecular flexibility index (Phi) is 4.02. The number of hydrogen-bond donors (Lipinski definition) is 0. The molecule has 116 valence electrons. The van der Waals surface area contributed by atoms with E-state index in [0.717, 1.165) is 11.1 Å². The van der Waals surface area contributed by atoms with Gasteiger partial charge < -0.3 is 9.47 Å². The van der Waals surface area contributed by atoms with E-state index in [1.165, 1.54) is 5.56 Å². The molecule has 3 nitrogen and oxygen atoms in total. The topological polar surface area (TPSA) is 35.5 Å². The van der Waals surface area contributed by atoms with Crippen molar-refractivity contribution in [1.29, 1.82) is 0 Å². The molecule has 0 fully saturated rings. The van der Waals surface area contributed by atoms with E-state index in [9.17, 15) is 4.79 Å². The van der Waals surface area contributed by atoms with Crippen molar-refractivity contribution in [3.63, 3.8) is 0 Å². The van der Waals surface area contributed by atoms with Gasteiger partial charge in [-0.3, -0.25) is 4.79 Å². The Morgan fingerprint density at radius 1 is 1.22 bits per heavy atom. The molecule has 1 heterocycles. The van der Waals surface area contributed by atoms with E-state index in [-0.39, 0.29) is 5.78 Å². The van der Waals surface area contributed by atoms with E-state index in [2.05, 4.69) is 6.58 Å². The minimum Gasteiger partial charge on any atom is -0.489 e. The molecule has 0 radical (unpaired) electrons. The summed E-state index contributed by atoms with van der Waals surface area (Å²) < 4.78 is 11.3. The molecule has 0 amide bonds. The fourth-order valence-corrected chi connectivity index (χ4v) is 2.28. The molecular formula is C20H18O3. The number of rotatable bonds is 4. The van der Waals surface area contributed by atoms with Crippen molar-refractivity contribution in [1.82, 2.24) is 0 Å². The first-order valence-electron chi connectivity index (χ1n) is 7.45. The maximum absolute atomic E-state index is 12.4. The molecule has 0 unspecified atom stereocenters. The van der Waals surface area contributed by atoms with Crippen LogP contribution >= 0.6 is 0 Å². The maximum Gasteiger partial charge on any atom is 0.231 e. The van der Waals surface area contributed by atoms with Gasteiger partial charge in [0, 0.05) is 6.07 Å². The summed E-state index contributed by atoms with van der Waals surface area (Å²) in [5.41, 5.74) is 3.60. The number of aryl methyl sites for hydroxylation is 1. The van der Waals surface area contributed by atoms with Crippen LogP contribution in [-0.4, -0.2) is 12.4 Å². The van der Waals surface area contributed by atoms with Crippen molar-refractivity contribution < 1.29 is 14.3 Å². The second kappa shape index (κ2) is 6.13. The van der Waals surface area contributed by atoms with Gasteiger partial charge in [-0.05, 0) is 43.2 Å². The number of hydrogen-bond acceptors (Lipinski definition) is 3. The highest BCUT2D eigenvalue weighted by atomic mass is 16.5. The van der Waals surface area contributed by atoms with Crippen LogP contribution in [0.3, 0.4) is 0 Å². The van der Waals surface area contributed by atoms with E-state index < -0.39 is 0 Å². The van der Waals surface area contributed by atoms with Crippen LogP contribution in [0.5, 0.6) is 11.5 Å². The van der Waals surface area contributed by atoms with E-state index in [1.54, 1.807) is 24.3 Å². The average molecular weight is 306 g/mol. The molecule has 0 atom stereocenters. The van der Waals surface area contributed by atoms with Crippen LogP contribution in [0.15, 0.2) is 60.4 Å². The van der Waals surface area contributed by atoms with Crippen LogP contribution in [0.4, 0.5) is 0 Å². The highest BCUT2D eigenvalue weighted by Gasteiger charge is 2.27. The quantitative estimate of drug-likeness (QED) is 0.613. The maximum atomic E-state index is 12.4. The molecule has 3 rings (SSSR count). The standard InChI is InChI=1S/C20H18O3/c1-13(2)12-22-16-8-9-17-18(11-16)23-19(20(17)21)10-15-6-4-14(3)5-7-15/h4-11H,1,12H2,2-3H3/b19-10+. The van der Waals surface area contributed by atoms with E-state index in [1.807, 2.05) is 38.1 Å². The van der Waals surface area contributed by atoms with Gasteiger partial charge in [0.1, 0.15) is 18.1 Å². The minimum absolute atomic E-state index is 0.105. The number of allylic oxidation sites excluding steroid dienone is 1. The van der Waals surface area contributed by atoms with E-state index in [4.69, 9.17) is 9.47 Å². The summed E-state index contributed by atoms with van der Waals surface area (Å²) in [5.74, 6) is 1.43. The molecule has 1 aliphatic heterocycles. The molecule has 2 aromatic rings. The first-order valence-corrected chi connectivity index (χ1v) is 7.45. The van der Waals surface area contributed by atoms with Crippen molar-refractivity contribution >= 4 is 11.9 Å². The average Bonchev–Trinajstić information content (AvgIpc) is 2.83. The van der Waals surface area contributed by atoms with Gasteiger partial charge in [-0.15, -0.1) is 0 Å². The zero-order chi connectivity index (χ0) is 16.4. The smallest absolute Gasteiger partial charge is 0.231 e. The van der Waals surface area contributed by atoms with Gasteiger partial charge in [0.25, 0.3) is 0 Å². The molecule has 0 spiro atoms. The van der Waals surface area contributed by atoms with E-state index in [0.29, 0.717) is 29.4 Å². The SMILES string of the molecule is C=C(C)COc1ccc2c(c1)O/C(=C/c1ccc(C)cc1)C2=O. The number of carbonyl (C=O) groups is 1. The molecule has 0 saturated heterocycles. The van der Waals surface area contributed by atoms with Gasteiger partial charge in [-0.1, -0.05) is 36.4 Å². The Labute approximate surface area is 135 Å². The molecule has 0 N–H and O–H groups in total. The molecule has 0 aromatic heterocycles. The van der Waals surface area contributed by atoms with Crippen molar-refractivity contribution in [2.45, 2.75) is 13.8 Å². The second-order valence-electron chi connectivity index (χ2n) is 5.75. The largest absolute Gasteiger partial charge is 0.489 e. The number of benzene rings is 2. The first-order chi connectivity index (χ1) is 11.0. The predicted octanol–water partition coefficient (Wildman–Crippen LogP) is 4.57. The van der Waals surface area contributed by atoms with Gasteiger partial charge in [-0.2, -0.15) is 0 Å². The fraction of sp³-hybridized carbons (Fsp3) is 0.150. The molecule has 1 aliphatic rings. The lowest BCUT2D eigenvalue weighted by molar-refractivity contribution is 0.101. The van der Waals surface area contributed by atoms with Crippen LogP contribution < -0.4 is 9.47 Å².